The van der Waals surface area contributed by atoms with Crippen LogP contribution < -0.4 is 5.56 Å². The van der Waals surface area contributed by atoms with Crippen molar-refractivity contribution in [1.82, 2.24) is 9.55 Å². The van der Waals surface area contributed by atoms with Gasteiger partial charge in [-0.1, -0.05) is 25.1 Å². The van der Waals surface area contributed by atoms with Gasteiger partial charge >= 0.3 is 13.6 Å². The number of esters is 1. The molecule has 30 heavy (non-hydrogen) atoms. The molecule has 0 aliphatic carbocycles. The Balaban J connectivity index is 1.79. The van der Waals surface area contributed by atoms with Gasteiger partial charge < -0.3 is 14.2 Å². The van der Waals surface area contributed by atoms with Crippen LogP contribution in [0, 0.1) is 0 Å². The summed E-state index contributed by atoms with van der Waals surface area (Å²) in [6.45, 7) is 2.81. The first-order valence-electron chi connectivity index (χ1n) is 9.58. The largest absolute Gasteiger partial charge is 0.458 e. The molecule has 0 saturated heterocycles. The van der Waals surface area contributed by atoms with Gasteiger partial charge in [-0.2, -0.15) is 0 Å². The van der Waals surface area contributed by atoms with Gasteiger partial charge in [0.05, 0.1) is 29.0 Å². The Morgan fingerprint density at radius 1 is 1.30 bits per heavy atom. The number of para-hydroxylation sites is 1. The number of cyclic esters (lactones) is 1. The molecule has 2 atom stereocenters. The zero-order valence-electron chi connectivity index (χ0n) is 16.4. The third-order valence-electron chi connectivity index (χ3n) is 5.71. The van der Waals surface area contributed by atoms with Gasteiger partial charge in [0.2, 0.25) is 0 Å². The Labute approximate surface area is 171 Å². The maximum absolute atomic E-state index is 13.3. The molecule has 2 aliphatic rings. The number of nitrogens with zero attached hydrogens (tertiary/aromatic N) is 2. The van der Waals surface area contributed by atoms with E-state index in [0.717, 1.165) is 23.1 Å². The van der Waals surface area contributed by atoms with Crippen molar-refractivity contribution in [3.63, 3.8) is 0 Å². The normalized spacial score (nSPS) is 21.5. The maximum atomic E-state index is 13.3. The van der Waals surface area contributed by atoms with Gasteiger partial charge in [0.1, 0.15) is 6.61 Å². The van der Waals surface area contributed by atoms with E-state index in [-0.39, 0.29) is 29.7 Å². The van der Waals surface area contributed by atoms with Gasteiger partial charge in [0, 0.05) is 23.2 Å². The summed E-state index contributed by atoms with van der Waals surface area (Å²) in [7, 11) is -4.07. The summed E-state index contributed by atoms with van der Waals surface area (Å²) in [4.78, 5) is 40.6. The quantitative estimate of drug-likeness (QED) is 0.396. The van der Waals surface area contributed by atoms with Crippen molar-refractivity contribution in [2.24, 2.45) is 0 Å². The summed E-state index contributed by atoms with van der Waals surface area (Å²) >= 11 is 0. The molecule has 0 radical (unpaired) electrons. The molecule has 0 bridgehead atoms. The highest BCUT2D eigenvalue weighted by Crippen LogP contribution is 2.50. The second-order valence-electron chi connectivity index (χ2n) is 7.65. The summed E-state index contributed by atoms with van der Waals surface area (Å²) < 4.78 is 24.3. The van der Waals surface area contributed by atoms with E-state index in [9.17, 15) is 19.0 Å². The van der Waals surface area contributed by atoms with Crippen LogP contribution in [0.2, 0.25) is 0 Å². The Hall–Kier alpha value is -2.80. The minimum atomic E-state index is -4.07. The van der Waals surface area contributed by atoms with Crippen LogP contribution in [0.5, 0.6) is 0 Å². The second-order valence-corrected chi connectivity index (χ2v) is 9.44. The number of fused-ring (bicyclic) bond motifs is 5. The topological polar surface area (TPSA) is 108 Å². The van der Waals surface area contributed by atoms with Gasteiger partial charge in [-0.25, -0.2) is 9.78 Å². The van der Waals surface area contributed by atoms with Crippen molar-refractivity contribution >= 4 is 24.5 Å². The number of carbonyl (C=O) groups is 1. The SMILES string of the molecule is CC[C@@]1(OP(C)(=O)O)C(=O)OCc2c1cc1n(c2=O)Cc2cc3ccccc3nc2-1. The Morgan fingerprint density at radius 2 is 2.07 bits per heavy atom. The number of hydrogen-bond acceptors (Lipinski definition) is 6. The lowest BCUT2D eigenvalue weighted by Gasteiger charge is -2.36. The summed E-state index contributed by atoms with van der Waals surface area (Å²) in [5, 5.41) is 0.971. The Kier molecular flexibility index (Phi) is 4.06. The van der Waals surface area contributed by atoms with Crippen molar-refractivity contribution < 1.29 is 23.5 Å². The third-order valence-corrected chi connectivity index (χ3v) is 6.36. The molecule has 0 saturated carbocycles. The van der Waals surface area contributed by atoms with Crippen LogP contribution in [0.4, 0.5) is 0 Å². The number of carbonyl (C=O) groups excluding carboxylic acids is 1. The molecule has 9 heteroatoms. The van der Waals surface area contributed by atoms with E-state index in [0.29, 0.717) is 17.9 Å². The molecule has 0 spiro atoms. The fourth-order valence-electron chi connectivity index (χ4n) is 4.35. The summed E-state index contributed by atoms with van der Waals surface area (Å²) in [5.41, 5.74) is 1.29. The number of pyridine rings is 2. The number of ether oxygens (including phenoxy) is 1. The molecule has 1 unspecified atom stereocenters. The minimum Gasteiger partial charge on any atom is -0.458 e. The molecule has 1 N–H and O–H groups in total. The molecule has 0 fully saturated rings. The fraction of sp³-hybridized carbons (Fsp3) is 0.286. The van der Waals surface area contributed by atoms with E-state index in [2.05, 4.69) is 0 Å². The van der Waals surface area contributed by atoms with E-state index in [1.807, 2.05) is 30.3 Å². The lowest BCUT2D eigenvalue weighted by molar-refractivity contribution is -0.169. The molecule has 4 heterocycles. The Bertz CT molecular complexity index is 1340. The van der Waals surface area contributed by atoms with Crippen LogP contribution in [0.15, 0.2) is 41.2 Å². The van der Waals surface area contributed by atoms with Crippen LogP contribution in [-0.4, -0.2) is 27.1 Å². The highest BCUT2D eigenvalue weighted by Gasteiger charge is 2.51. The molecular formula is C21H19N2O6P. The first-order valence-corrected chi connectivity index (χ1v) is 11.6. The molecule has 0 amide bonds. The molecule has 3 aromatic rings. The maximum Gasteiger partial charge on any atom is 0.344 e. The smallest absolute Gasteiger partial charge is 0.344 e. The number of hydrogen-bond donors (Lipinski definition) is 1. The minimum absolute atomic E-state index is 0.0398. The first kappa shape index (κ1) is 19.2. The van der Waals surface area contributed by atoms with E-state index < -0.39 is 19.2 Å². The summed E-state index contributed by atoms with van der Waals surface area (Å²) in [6, 6.07) is 11.4. The Morgan fingerprint density at radius 3 is 2.80 bits per heavy atom. The van der Waals surface area contributed by atoms with E-state index >= 15 is 0 Å². The zero-order valence-corrected chi connectivity index (χ0v) is 17.3. The molecular weight excluding hydrogens is 407 g/mol. The lowest BCUT2D eigenvalue weighted by atomic mass is 9.86. The van der Waals surface area contributed by atoms with E-state index in [1.54, 1.807) is 17.6 Å². The highest BCUT2D eigenvalue weighted by molar-refractivity contribution is 7.52. The molecule has 1 aromatic carbocycles. The van der Waals surface area contributed by atoms with Crippen molar-refractivity contribution in [3.05, 3.63) is 63.4 Å². The summed E-state index contributed by atoms with van der Waals surface area (Å²) in [5.74, 6) is -0.775. The van der Waals surface area contributed by atoms with Gasteiger partial charge in [0.15, 0.2) is 5.60 Å². The van der Waals surface area contributed by atoms with Crippen LogP contribution in [0.3, 0.4) is 0 Å². The van der Waals surface area contributed by atoms with Crippen LogP contribution in [0.25, 0.3) is 22.3 Å². The standard InChI is InChI=1S/C21H19N2O6P/c1-3-21(29-30(2,26)27)15-9-17-18-13(8-12-6-4-5-7-16(12)22-18)10-23(17)19(24)14(15)11-28-20(21)25/h4-9H,3,10-11H2,1-2H3,(H,26,27)/t21-/m0/s1. The molecule has 2 aromatic heterocycles. The van der Waals surface area contributed by atoms with Gasteiger partial charge in [-0.05, 0) is 24.6 Å². The van der Waals surface area contributed by atoms with Crippen LogP contribution in [-0.2, 0) is 37.4 Å². The highest BCUT2D eigenvalue weighted by atomic mass is 31.2. The second kappa shape index (κ2) is 6.35. The average molecular weight is 426 g/mol. The van der Waals surface area contributed by atoms with Crippen molar-refractivity contribution in [2.75, 3.05) is 6.66 Å². The predicted octanol–water partition coefficient (Wildman–Crippen LogP) is 2.92. The fourth-order valence-corrected chi connectivity index (χ4v) is 5.23. The van der Waals surface area contributed by atoms with Crippen molar-refractivity contribution in [2.45, 2.75) is 32.1 Å². The molecule has 8 nitrogen and oxygen atoms in total. The monoisotopic (exact) mass is 426 g/mol. The predicted molar refractivity (Wildman–Crippen MR) is 109 cm³/mol. The number of aromatic nitrogens is 2. The molecule has 5 rings (SSSR count). The molecule has 154 valence electrons. The van der Waals surface area contributed by atoms with Crippen molar-refractivity contribution in [3.8, 4) is 11.4 Å². The summed E-state index contributed by atoms with van der Waals surface area (Å²) in [6.07, 6.45) is 0.0398. The van der Waals surface area contributed by atoms with Crippen LogP contribution >= 0.6 is 7.60 Å². The lowest BCUT2D eigenvalue weighted by Crippen LogP contribution is -2.45. The molecule has 2 aliphatic heterocycles. The van der Waals surface area contributed by atoms with E-state index in [1.165, 1.54) is 0 Å². The third kappa shape index (κ3) is 2.68. The van der Waals surface area contributed by atoms with Gasteiger partial charge in [-0.15, -0.1) is 0 Å². The van der Waals surface area contributed by atoms with Gasteiger partial charge in [0.25, 0.3) is 5.56 Å². The number of benzene rings is 1. The zero-order chi connectivity index (χ0) is 21.3. The van der Waals surface area contributed by atoms with Crippen molar-refractivity contribution in [1.29, 1.82) is 0 Å². The van der Waals surface area contributed by atoms with Crippen LogP contribution in [0.1, 0.15) is 30.0 Å². The van der Waals surface area contributed by atoms with E-state index in [4.69, 9.17) is 14.2 Å². The first-order chi connectivity index (χ1) is 14.2. The average Bonchev–Trinajstić information content (AvgIpc) is 3.06. The van der Waals surface area contributed by atoms with Gasteiger partial charge in [-0.3, -0.25) is 13.9 Å². The number of rotatable bonds is 3.